The van der Waals surface area contributed by atoms with Crippen molar-refractivity contribution in [1.29, 1.82) is 0 Å². The Kier molecular flexibility index (Phi) is 2.25. The second-order valence-corrected chi connectivity index (χ2v) is 1.98. The van der Waals surface area contributed by atoms with Crippen LogP contribution in [-0.2, 0) is 6.54 Å². The van der Waals surface area contributed by atoms with Crippen LogP contribution < -0.4 is 4.74 Å². The van der Waals surface area contributed by atoms with Crippen molar-refractivity contribution in [3.63, 3.8) is 0 Å². The van der Waals surface area contributed by atoms with Gasteiger partial charge in [0.1, 0.15) is 6.20 Å². The molecule has 0 amide bonds. The van der Waals surface area contributed by atoms with E-state index in [4.69, 9.17) is 0 Å². The summed E-state index contributed by atoms with van der Waals surface area (Å²) in [5.74, 6) is -0.343. The minimum Gasteiger partial charge on any atom is -0.388 e. The second kappa shape index (κ2) is 3.04. The quantitative estimate of drug-likeness (QED) is 0.689. The molecule has 0 fully saturated rings. The Balaban J connectivity index is 2.75. The van der Waals surface area contributed by atoms with Crippen molar-refractivity contribution in [2.75, 3.05) is 0 Å². The summed E-state index contributed by atoms with van der Waals surface area (Å²) in [5.41, 5.74) is 0. The molecule has 0 saturated carbocycles. The number of hydrogen-bond donors (Lipinski definition) is 0. The zero-order valence-corrected chi connectivity index (χ0v) is 6.22. The highest BCUT2D eigenvalue weighted by Gasteiger charge is 2.32. The Morgan fingerprint density at radius 3 is 2.83 bits per heavy atom. The van der Waals surface area contributed by atoms with Gasteiger partial charge in [-0.1, -0.05) is 0 Å². The van der Waals surface area contributed by atoms with E-state index in [9.17, 15) is 13.2 Å². The average molecular weight is 179 g/mol. The van der Waals surface area contributed by atoms with Crippen molar-refractivity contribution in [2.45, 2.75) is 19.8 Å². The SMILES string of the molecule is CCn1n[c]cc1OC(F)(F)F. The minimum atomic E-state index is -4.67. The van der Waals surface area contributed by atoms with Crippen molar-refractivity contribution < 1.29 is 17.9 Å². The van der Waals surface area contributed by atoms with Crippen molar-refractivity contribution >= 4 is 0 Å². The van der Waals surface area contributed by atoms with Gasteiger partial charge in [0.25, 0.3) is 0 Å². The van der Waals surface area contributed by atoms with E-state index in [1.54, 1.807) is 6.92 Å². The molecule has 0 aromatic carbocycles. The molecule has 0 N–H and O–H groups in total. The highest BCUT2D eigenvalue weighted by atomic mass is 19.4. The predicted octanol–water partition coefficient (Wildman–Crippen LogP) is 1.60. The smallest absolute Gasteiger partial charge is 0.388 e. The number of aromatic nitrogens is 2. The first-order chi connectivity index (χ1) is 5.53. The molecular weight excluding hydrogens is 173 g/mol. The third-order valence-corrected chi connectivity index (χ3v) is 1.14. The van der Waals surface area contributed by atoms with Gasteiger partial charge in [0.05, 0.1) is 0 Å². The number of ether oxygens (including phenoxy) is 1. The van der Waals surface area contributed by atoms with E-state index in [1.165, 1.54) is 0 Å². The van der Waals surface area contributed by atoms with Crippen LogP contribution in [0.3, 0.4) is 0 Å². The summed E-state index contributed by atoms with van der Waals surface area (Å²) in [7, 11) is 0. The van der Waals surface area contributed by atoms with Crippen molar-refractivity contribution in [1.82, 2.24) is 9.78 Å². The van der Waals surface area contributed by atoms with E-state index in [2.05, 4.69) is 16.0 Å². The average Bonchev–Trinajstić information content (AvgIpc) is 2.31. The van der Waals surface area contributed by atoms with E-state index < -0.39 is 6.36 Å². The third-order valence-electron chi connectivity index (χ3n) is 1.14. The highest BCUT2D eigenvalue weighted by Crippen LogP contribution is 2.21. The van der Waals surface area contributed by atoms with Gasteiger partial charge in [-0.25, -0.2) is 4.68 Å². The lowest BCUT2D eigenvalue weighted by Crippen LogP contribution is -2.19. The summed E-state index contributed by atoms with van der Waals surface area (Å²) >= 11 is 0. The van der Waals surface area contributed by atoms with E-state index in [0.29, 0.717) is 6.54 Å². The van der Waals surface area contributed by atoms with E-state index >= 15 is 0 Å². The molecule has 1 rings (SSSR count). The van der Waals surface area contributed by atoms with Gasteiger partial charge in [-0.2, -0.15) is 5.10 Å². The number of halogens is 3. The molecule has 0 spiro atoms. The first-order valence-electron chi connectivity index (χ1n) is 3.22. The number of rotatable bonds is 2. The maximum Gasteiger partial charge on any atom is 0.574 e. The normalized spacial score (nSPS) is 11.7. The molecule has 6 heteroatoms. The number of alkyl halides is 3. The lowest BCUT2D eigenvalue weighted by atomic mass is 10.6. The maximum atomic E-state index is 11.7. The zero-order chi connectivity index (χ0) is 9.19. The molecule has 0 unspecified atom stereocenters. The van der Waals surface area contributed by atoms with Crippen LogP contribution >= 0.6 is 0 Å². The molecule has 3 nitrogen and oxygen atoms in total. The van der Waals surface area contributed by atoms with Crippen molar-refractivity contribution in [2.24, 2.45) is 0 Å². The van der Waals surface area contributed by atoms with Gasteiger partial charge in [-0.05, 0) is 6.92 Å². The van der Waals surface area contributed by atoms with Gasteiger partial charge in [0.2, 0.25) is 5.88 Å². The lowest BCUT2D eigenvalue weighted by molar-refractivity contribution is -0.277. The van der Waals surface area contributed by atoms with Crippen LogP contribution in [-0.4, -0.2) is 16.1 Å². The number of hydrogen-bond acceptors (Lipinski definition) is 2. The number of nitrogens with zero attached hydrogens (tertiary/aromatic N) is 2. The fourth-order valence-electron chi connectivity index (χ4n) is 0.705. The van der Waals surface area contributed by atoms with Crippen LogP contribution in [0.15, 0.2) is 6.07 Å². The Labute approximate surface area is 66.7 Å². The first kappa shape index (κ1) is 8.89. The Morgan fingerprint density at radius 2 is 2.33 bits per heavy atom. The van der Waals surface area contributed by atoms with Gasteiger partial charge in [0.15, 0.2) is 0 Å². The van der Waals surface area contributed by atoms with Crippen molar-refractivity contribution in [3.05, 3.63) is 12.3 Å². The topological polar surface area (TPSA) is 27.1 Å². The fourth-order valence-corrected chi connectivity index (χ4v) is 0.705. The predicted molar refractivity (Wildman–Crippen MR) is 33.4 cm³/mol. The molecule has 0 aliphatic carbocycles. The fraction of sp³-hybridized carbons (Fsp3) is 0.500. The van der Waals surface area contributed by atoms with Crippen molar-refractivity contribution in [3.8, 4) is 5.88 Å². The molecule has 12 heavy (non-hydrogen) atoms. The molecule has 1 heterocycles. The Morgan fingerprint density at radius 1 is 1.67 bits per heavy atom. The molecule has 1 aromatic heterocycles. The summed E-state index contributed by atoms with van der Waals surface area (Å²) in [6.07, 6.45) is -2.41. The lowest BCUT2D eigenvalue weighted by Gasteiger charge is -2.08. The van der Waals surface area contributed by atoms with Crippen LogP contribution in [0.2, 0.25) is 0 Å². The molecule has 1 radical (unpaired) electrons. The van der Waals surface area contributed by atoms with E-state index in [1.807, 2.05) is 0 Å². The molecular formula is C6H6F3N2O. The largest absolute Gasteiger partial charge is 0.574 e. The zero-order valence-electron chi connectivity index (χ0n) is 6.22. The molecule has 0 saturated heterocycles. The van der Waals surface area contributed by atoms with Gasteiger partial charge >= 0.3 is 6.36 Å². The monoisotopic (exact) mass is 179 g/mol. The Hall–Kier alpha value is -1.20. The standard InChI is InChI=1S/C6H6F3N2O/c1-2-11-5(3-4-10-11)12-6(7,8)9/h3H,2H2,1H3. The molecule has 0 aliphatic rings. The van der Waals surface area contributed by atoms with E-state index in [0.717, 1.165) is 10.7 Å². The summed E-state index contributed by atoms with van der Waals surface area (Å²) in [4.78, 5) is 0. The molecule has 0 atom stereocenters. The van der Waals surface area contributed by atoms with Crippen LogP contribution in [0.1, 0.15) is 6.92 Å². The third kappa shape index (κ3) is 2.14. The maximum absolute atomic E-state index is 11.7. The summed E-state index contributed by atoms with van der Waals surface area (Å²) in [6.45, 7) is 1.97. The molecule has 67 valence electrons. The van der Waals surface area contributed by atoms with Crippen LogP contribution in [0, 0.1) is 6.20 Å². The van der Waals surface area contributed by atoms with Gasteiger partial charge in [0, 0.05) is 12.6 Å². The molecule has 1 aromatic rings. The van der Waals surface area contributed by atoms with Crippen LogP contribution in [0.4, 0.5) is 13.2 Å². The minimum absolute atomic E-state index is 0.314. The van der Waals surface area contributed by atoms with Gasteiger partial charge in [-0.3, -0.25) is 0 Å². The summed E-state index contributed by atoms with van der Waals surface area (Å²) in [5, 5.41) is 3.49. The Bertz CT molecular complexity index is 256. The first-order valence-corrected chi connectivity index (χ1v) is 3.22. The summed E-state index contributed by atoms with van der Waals surface area (Å²) < 4.78 is 39.7. The molecule has 0 aliphatic heterocycles. The second-order valence-electron chi connectivity index (χ2n) is 1.98. The van der Waals surface area contributed by atoms with Crippen LogP contribution in [0.25, 0.3) is 0 Å². The summed E-state index contributed by atoms with van der Waals surface area (Å²) in [6, 6.07) is 1.04. The number of aryl methyl sites for hydroxylation is 1. The van der Waals surface area contributed by atoms with E-state index in [-0.39, 0.29) is 5.88 Å². The van der Waals surface area contributed by atoms with Gasteiger partial charge < -0.3 is 4.74 Å². The molecule has 0 bridgehead atoms. The highest BCUT2D eigenvalue weighted by molar-refractivity contribution is 5.06. The van der Waals surface area contributed by atoms with Gasteiger partial charge in [-0.15, -0.1) is 13.2 Å². The van der Waals surface area contributed by atoms with Crippen LogP contribution in [0.5, 0.6) is 5.88 Å².